The number of amides is 2. The number of benzene rings is 2. The first kappa shape index (κ1) is 24.1. The van der Waals surface area contributed by atoms with Crippen LogP contribution in [0.1, 0.15) is 43.6 Å². The second kappa shape index (κ2) is 10.2. The van der Waals surface area contributed by atoms with Crippen molar-refractivity contribution >= 4 is 11.7 Å². The SMILES string of the molecule is C[C@H]1C2=CNN(c3ccc(F)cc3)C2=CC2=C1[C@@H](CC(NC(=O)NCc1ccco1)c1ccccc1)CC2. The highest BCUT2D eigenvalue weighted by molar-refractivity contribution is 5.74. The van der Waals surface area contributed by atoms with Gasteiger partial charge in [-0.3, -0.25) is 5.01 Å². The first-order valence-electron chi connectivity index (χ1n) is 13.2. The lowest BCUT2D eigenvalue weighted by Gasteiger charge is -2.31. The molecule has 1 aromatic heterocycles. The average Bonchev–Trinajstić information content (AvgIpc) is 3.69. The van der Waals surface area contributed by atoms with Crippen molar-refractivity contribution in [3.05, 3.63) is 125 Å². The predicted molar refractivity (Wildman–Crippen MR) is 145 cm³/mol. The van der Waals surface area contributed by atoms with Crippen molar-refractivity contribution in [2.24, 2.45) is 11.8 Å². The van der Waals surface area contributed by atoms with Crippen LogP contribution in [-0.4, -0.2) is 6.03 Å². The molecule has 0 saturated heterocycles. The van der Waals surface area contributed by atoms with Gasteiger partial charge in [-0.15, -0.1) is 0 Å². The van der Waals surface area contributed by atoms with E-state index >= 15 is 0 Å². The molecule has 1 aliphatic heterocycles. The van der Waals surface area contributed by atoms with Crippen LogP contribution in [0.5, 0.6) is 0 Å². The number of nitrogens with one attached hydrogen (secondary N) is 3. The van der Waals surface area contributed by atoms with E-state index < -0.39 is 0 Å². The topological polar surface area (TPSA) is 69.5 Å². The Morgan fingerprint density at radius 1 is 1.13 bits per heavy atom. The molecule has 2 amide bonds. The van der Waals surface area contributed by atoms with Crippen molar-refractivity contribution in [2.75, 3.05) is 5.01 Å². The molecular weight excluding hydrogens is 479 g/mol. The minimum absolute atomic E-state index is 0.117. The number of hydrogen-bond acceptors (Lipinski definition) is 4. The summed E-state index contributed by atoms with van der Waals surface area (Å²) in [7, 11) is 0. The molecule has 2 aromatic carbocycles. The smallest absolute Gasteiger partial charge is 0.315 e. The molecule has 0 radical (unpaired) electrons. The number of carbonyl (C=O) groups excluding carboxylic acids is 1. The Morgan fingerprint density at radius 2 is 1.95 bits per heavy atom. The summed E-state index contributed by atoms with van der Waals surface area (Å²) in [6, 6.07) is 20.1. The number of urea groups is 1. The standard InChI is InChI=1S/C31H31FN4O2/c1-20-27-19-34-36(25-13-11-24(32)12-14-25)29(27)17-23-10-9-22(30(20)23)16-28(21-6-3-2-4-7-21)35-31(37)33-18-26-8-5-15-38-26/h2-8,11-15,17,19-20,22,28,34H,9-10,16,18H2,1H3,(H2,33,35,37)/t20-,22+,28?/m0/s1. The summed E-state index contributed by atoms with van der Waals surface area (Å²) in [6.45, 7) is 2.61. The molecule has 1 unspecified atom stereocenters. The third kappa shape index (κ3) is 4.72. The van der Waals surface area contributed by atoms with E-state index in [1.165, 1.54) is 28.9 Å². The molecule has 2 aliphatic carbocycles. The number of fused-ring (bicyclic) bond motifs is 1. The summed E-state index contributed by atoms with van der Waals surface area (Å²) in [5.41, 5.74) is 10.6. The van der Waals surface area contributed by atoms with E-state index in [1.54, 1.807) is 18.4 Å². The average molecular weight is 511 g/mol. The van der Waals surface area contributed by atoms with Gasteiger partial charge in [-0.25, -0.2) is 9.18 Å². The first-order chi connectivity index (χ1) is 18.6. The maximum atomic E-state index is 13.5. The van der Waals surface area contributed by atoms with Crippen molar-refractivity contribution in [1.82, 2.24) is 16.1 Å². The van der Waals surface area contributed by atoms with Gasteiger partial charge in [0.25, 0.3) is 0 Å². The minimum Gasteiger partial charge on any atom is -0.467 e. The normalized spacial score (nSPS) is 20.7. The highest BCUT2D eigenvalue weighted by Gasteiger charge is 2.39. The van der Waals surface area contributed by atoms with E-state index in [2.05, 4.69) is 47.4 Å². The Hall–Kier alpha value is -4.26. The van der Waals surface area contributed by atoms with E-state index in [4.69, 9.17) is 4.42 Å². The van der Waals surface area contributed by atoms with Crippen LogP contribution < -0.4 is 21.1 Å². The third-order valence-corrected chi connectivity index (χ3v) is 7.82. The first-order valence-corrected chi connectivity index (χ1v) is 13.2. The molecule has 6 rings (SSSR count). The van der Waals surface area contributed by atoms with Crippen molar-refractivity contribution in [3.63, 3.8) is 0 Å². The maximum Gasteiger partial charge on any atom is 0.315 e. The van der Waals surface area contributed by atoms with Crippen molar-refractivity contribution in [1.29, 1.82) is 0 Å². The van der Waals surface area contributed by atoms with Gasteiger partial charge in [0, 0.05) is 17.7 Å². The van der Waals surface area contributed by atoms with Crippen molar-refractivity contribution in [2.45, 2.75) is 38.8 Å². The molecule has 0 saturated carbocycles. The van der Waals surface area contributed by atoms with Gasteiger partial charge in [0.1, 0.15) is 11.6 Å². The Bertz CT molecular complexity index is 1390. The Kier molecular flexibility index (Phi) is 6.50. The fraction of sp³-hybridized carbons (Fsp3) is 0.258. The van der Waals surface area contributed by atoms with Gasteiger partial charge in [-0.2, -0.15) is 0 Å². The summed E-state index contributed by atoms with van der Waals surface area (Å²) < 4.78 is 18.8. The number of nitrogens with zero attached hydrogens (tertiary/aromatic N) is 1. The van der Waals surface area contributed by atoms with E-state index in [9.17, 15) is 9.18 Å². The molecular formula is C31H31FN4O2. The maximum absolute atomic E-state index is 13.5. The fourth-order valence-corrected chi connectivity index (χ4v) is 6.00. The van der Waals surface area contributed by atoms with E-state index in [1.807, 2.05) is 35.3 Å². The van der Waals surface area contributed by atoms with Crippen molar-refractivity contribution < 1.29 is 13.6 Å². The van der Waals surface area contributed by atoms with Gasteiger partial charge in [0.15, 0.2) is 0 Å². The van der Waals surface area contributed by atoms with Gasteiger partial charge in [0.2, 0.25) is 0 Å². The number of carbonyl (C=O) groups is 1. The second-order valence-corrected chi connectivity index (χ2v) is 10.1. The van der Waals surface area contributed by atoms with Crippen LogP contribution in [-0.2, 0) is 6.54 Å². The number of hydrogen-bond donors (Lipinski definition) is 3. The van der Waals surface area contributed by atoms with Crippen LogP contribution in [0.2, 0.25) is 0 Å². The highest BCUT2D eigenvalue weighted by Crippen LogP contribution is 2.49. The predicted octanol–water partition coefficient (Wildman–Crippen LogP) is 6.50. The molecule has 0 spiro atoms. The molecule has 38 heavy (non-hydrogen) atoms. The molecule has 3 aromatic rings. The third-order valence-electron chi connectivity index (χ3n) is 7.82. The minimum atomic E-state index is -0.244. The molecule has 3 atom stereocenters. The van der Waals surface area contributed by atoms with E-state index in [0.29, 0.717) is 18.2 Å². The zero-order valence-electron chi connectivity index (χ0n) is 21.3. The Balaban J connectivity index is 1.22. The summed E-state index contributed by atoms with van der Waals surface area (Å²) in [5.74, 6) is 1.08. The van der Waals surface area contributed by atoms with Crippen LogP contribution >= 0.6 is 0 Å². The molecule has 6 nitrogen and oxygen atoms in total. The van der Waals surface area contributed by atoms with Crippen LogP contribution in [0.3, 0.4) is 0 Å². The lowest BCUT2D eigenvalue weighted by atomic mass is 9.78. The van der Waals surface area contributed by atoms with Crippen LogP contribution in [0.25, 0.3) is 0 Å². The van der Waals surface area contributed by atoms with Gasteiger partial charge < -0.3 is 20.5 Å². The number of hydrazine groups is 1. The molecule has 194 valence electrons. The Labute approximate surface area is 221 Å². The molecule has 2 heterocycles. The zero-order chi connectivity index (χ0) is 26.1. The quantitative estimate of drug-likeness (QED) is 0.339. The van der Waals surface area contributed by atoms with Gasteiger partial charge in [0.05, 0.1) is 30.2 Å². The van der Waals surface area contributed by atoms with Gasteiger partial charge in [-0.05, 0) is 78.8 Å². The molecule has 3 aliphatic rings. The second-order valence-electron chi connectivity index (χ2n) is 10.1. The molecule has 3 N–H and O–H groups in total. The van der Waals surface area contributed by atoms with Crippen LogP contribution in [0.4, 0.5) is 14.9 Å². The fourth-order valence-electron chi connectivity index (χ4n) is 6.00. The lowest BCUT2D eigenvalue weighted by molar-refractivity contribution is 0.233. The number of furan rings is 1. The lowest BCUT2D eigenvalue weighted by Crippen LogP contribution is -2.38. The summed E-state index contributed by atoms with van der Waals surface area (Å²) in [4.78, 5) is 12.9. The van der Waals surface area contributed by atoms with Crippen molar-refractivity contribution in [3.8, 4) is 0 Å². The van der Waals surface area contributed by atoms with Gasteiger partial charge in [-0.1, -0.05) is 42.8 Å². The monoisotopic (exact) mass is 510 g/mol. The van der Waals surface area contributed by atoms with E-state index in [-0.39, 0.29) is 23.8 Å². The highest BCUT2D eigenvalue weighted by atomic mass is 19.1. The van der Waals surface area contributed by atoms with Gasteiger partial charge >= 0.3 is 6.03 Å². The number of halogens is 1. The Morgan fingerprint density at radius 3 is 2.71 bits per heavy atom. The largest absolute Gasteiger partial charge is 0.467 e. The van der Waals surface area contributed by atoms with E-state index in [0.717, 1.165) is 36.2 Å². The molecule has 0 bridgehead atoms. The summed E-state index contributed by atoms with van der Waals surface area (Å²) >= 11 is 0. The number of allylic oxidation sites excluding steroid dienone is 4. The summed E-state index contributed by atoms with van der Waals surface area (Å²) in [6.07, 6.45) is 8.83. The zero-order valence-corrected chi connectivity index (χ0v) is 21.3. The molecule has 7 heteroatoms. The van der Waals surface area contributed by atoms with Crippen LogP contribution in [0.15, 0.2) is 112 Å². The number of rotatable bonds is 7. The molecule has 0 fully saturated rings. The van der Waals surface area contributed by atoms with Crippen LogP contribution in [0, 0.1) is 17.7 Å². The number of anilines is 1. The summed E-state index contributed by atoms with van der Waals surface area (Å²) in [5, 5.41) is 8.16.